The molecule has 0 saturated heterocycles. The molecule has 30 heavy (non-hydrogen) atoms. The lowest BCUT2D eigenvalue weighted by Crippen LogP contribution is -2.34. The summed E-state index contributed by atoms with van der Waals surface area (Å²) in [7, 11) is -3.39. The second-order valence-corrected chi connectivity index (χ2v) is 9.41. The van der Waals surface area contributed by atoms with Gasteiger partial charge >= 0.3 is 5.97 Å². The number of anilines is 1. The number of benzene rings is 1. The van der Waals surface area contributed by atoms with Gasteiger partial charge in [-0.25, -0.2) is 18.2 Å². The standard InChI is InChI=1S/C21H21N3O5S/c1-13-6-7-23-19(8-13)22-17(11-20(23)25)12-29-21(26)15-4-5-18-16(10-15)9-14(2)24(18)30(3,27)28/h4-8,10-11,14H,9,12H2,1-3H3/t14-/m1/s1. The van der Waals surface area contributed by atoms with Gasteiger partial charge in [0.15, 0.2) is 0 Å². The molecule has 1 aliphatic rings. The second kappa shape index (κ2) is 7.24. The number of rotatable bonds is 4. The molecule has 0 bridgehead atoms. The molecule has 1 atom stereocenters. The van der Waals surface area contributed by atoms with E-state index in [4.69, 9.17) is 4.74 Å². The third-order valence-corrected chi connectivity index (χ3v) is 6.32. The van der Waals surface area contributed by atoms with Crippen LogP contribution in [0.1, 0.15) is 34.1 Å². The summed E-state index contributed by atoms with van der Waals surface area (Å²) >= 11 is 0. The van der Waals surface area contributed by atoms with Crippen LogP contribution in [-0.2, 0) is 27.8 Å². The number of esters is 1. The molecule has 3 heterocycles. The Bertz CT molecular complexity index is 1330. The van der Waals surface area contributed by atoms with E-state index in [1.54, 1.807) is 30.5 Å². The van der Waals surface area contributed by atoms with Gasteiger partial charge in [-0.2, -0.15) is 0 Å². The molecule has 0 amide bonds. The minimum absolute atomic E-state index is 0.137. The van der Waals surface area contributed by atoms with E-state index in [1.165, 1.54) is 21.0 Å². The fourth-order valence-corrected chi connectivity index (χ4v) is 5.05. The van der Waals surface area contributed by atoms with Crippen LogP contribution < -0.4 is 9.86 Å². The minimum atomic E-state index is -3.39. The molecule has 0 fully saturated rings. The molecular formula is C21H21N3O5S. The summed E-state index contributed by atoms with van der Waals surface area (Å²) in [5, 5.41) is 0. The summed E-state index contributed by atoms with van der Waals surface area (Å²) in [6, 6.07) is 9.55. The van der Waals surface area contributed by atoms with Crippen molar-refractivity contribution < 1.29 is 17.9 Å². The van der Waals surface area contributed by atoms with Gasteiger partial charge in [-0.3, -0.25) is 13.5 Å². The number of hydrogen-bond donors (Lipinski definition) is 0. The van der Waals surface area contributed by atoms with Crippen LogP contribution in [0.3, 0.4) is 0 Å². The zero-order valence-electron chi connectivity index (χ0n) is 16.8. The summed E-state index contributed by atoms with van der Waals surface area (Å²) < 4.78 is 32.2. The lowest BCUT2D eigenvalue weighted by atomic mass is 10.1. The monoisotopic (exact) mass is 427 g/mol. The van der Waals surface area contributed by atoms with E-state index in [1.807, 2.05) is 19.9 Å². The molecule has 0 aliphatic carbocycles. The first kappa shape index (κ1) is 20.1. The van der Waals surface area contributed by atoms with Gasteiger partial charge in [0.1, 0.15) is 12.3 Å². The SMILES string of the molecule is Cc1ccn2c(=O)cc(COC(=O)c3ccc4c(c3)C[C@@H](C)N4S(C)(=O)=O)nc2c1. The van der Waals surface area contributed by atoms with E-state index in [0.717, 1.165) is 11.1 Å². The smallest absolute Gasteiger partial charge is 0.338 e. The molecule has 1 aliphatic heterocycles. The van der Waals surface area contributed by atoms with Crippen LogP contribution in [0.15, 0.2) is 47.4 Å². The fraction of sp³-hybridized carbons (Fsp3) is 0.286. The van der Waals surface area contributed by atoms with Crippen molar-refractivity contribution in [1.29, 1.82) is 0 Å². The third kappa shape index (κ3) is 3.68. The molecule has 156 valence electrons. The van der Waals surface area contributed by atoms with Crippen molar-refractivity contribution >= 4 is 27.3 Å². The number of carbonyl (C=O) groups excluding carboxylic acids is 1. The van der Waals surface area contributed by atoms with Crippen LogP contribution in [0.25, 0.3) is 5.65 Å². The van der Waals surface area contributed by atoms with Gasteiger partial charge in [0.05, 0.1) is 23.2 Å². The van der Waals surface area contributed by atoms with Crippen molar-refractivity contribution in [3.05, 3.63) is 75.3 Å². The molecule has 0 N–H and O–H groups in total. The first-order valence-corrected chi connectivity index (χ1v) is 11.3. The number of aromatic nitrogens is 2. The van der Waals surface area contributed by atoms with Crippen molar-refractivity contribution in [1.82, 2.24) is 9.38 Å². The number of ether oxygens (including phenoxy) is 1. The summed E-state index contributed by atoms with van der Waals surface area (Å²) in [5.74, 6) is -0.561. The number of carbonyl (C=O) groups is 1. The van der Waals surface area contributed by atoms with E-state index < -0.39 is 16.0 Å². The molecule has 0 saturated carbocycles. The Morgan fingerprint density at radius 3 is 2.73 bits per heavy atom. The van der Waals surface area contributed by atoms with Crippen molar-refractivity contribution in [3.8, 4) is 0 Å². The maximum Gasteiger partial charge on any atom is 0.338 e. The maximum absolute atomic E-state index is 12.5. The quantitative estimate of drug-likeness (QED) is 0.591. The normalized spacial score (nSPS) is 16.0. The van der Waals surface area contributed by atoms with Gasteiger partial charge in [-0.15, -0.1) is 0 Å². The highest BCUT2D eigenvalue weighted by Gasteiger charge is 2.32. The fourth-order valence-electron chi connectivity index (χ4n) is 3.79. The maximum atomic E-state index is 12.5. The summed E-state index contributed by atoms with van der Waals surface area (Å²) in [4.78, 5) is 29.1. The van der Waals surface area contributed by atoms with E-state index in [0.29, 0.717) is 29.0 Å². The predicted octanol–water partition coefficient (Wildman–Crippen LogP) is 2.07. The number of pyridine rings is 1. The zero-order valence-corrected chi connectivity index (χ0v) is 17.6. The molecule has 0 spiro atoms. The van der Waals surface area contributed by atoms with Gasteiger partial charge < -0.3 is 4.74 Å². The number of aryl methyl sites for hydroxylation is 1. The summed E-state index contributed by atoms with van der Waals surface area (Å²) in [6.45, 7) is 3.59. The average molecular weight is 427 g/mol. The molecule has 9 heteroatoms. The Balaban J connectivity index is 1.54. The van der Waals surface area contributed by atoms with E-state index in [9.17, 15) is 18.0 Å². The lowest BCUT2D eigenvalue weighted by molar-refractivity contribution is 0.0467. The van der Waals surface area contributed by atoms with Crippen LogP contribution >= 0.6 is 0 Å². The van der Waals surface area contributed by atoms with Gasteiger partial charge in [0.2, 0.25) is 10.0 Å². The topological polar surface area (TPSA) is 98.0 Å². The molecular weight excluding hydrogens is 406 g/mol. The van der Waals surface area contributed by atoms with Crippen molar-refractivity contribution in [2.75, 3.05) is 10.6 Å². The highest BCUT2D eigenvalue weighted by molar-refractivity contribution is 7.92. The van der Waals surface area contributed by atoms with Crippen LogP contribution in [-0.4, -0.2) is 36.1 Å². The number of nitrogens with zero attached hydrogens (tertiary/aromatic N) is 3. The highest BCUT2D eigenvalue weighted by atomic mass is 32.2. The van der Waals surface area contributed by atoms with Crippen molar-refractivity contribution in [2.45, 2.75) is 32.9 Å². The summed E-state index contributed by atoms with van der Waals surface area (Å²) in [5.41, 5.74) is 3.24. The lowest BCUT2D eigenvalue weighted by Gasteiger charge is -2.21. The molecule has 8 nitrogen and oxygen atoms in total. The Kier molecular flexibility index (Phi) is 4.85. The molecule has 0 unspecified atom stereocenters. The van der Waals surface area contributed by atoms with Gasteiger partial charge in [0, 0.05) is 18.3 Å². The predicted molar refractivity (Wildman–Crippen MR) is 112 cm³/mol. The third-order valence-electron chi connectivity index (χ3n) is 5.05. The molecule has 2 aromatic heterocycles. The van der Waals surface area contributed by atoms with Gasteiger partial charge in [-0.1, -0.05) is 0 Å². The second-order valence-electron chi connectivity index (χ2n) is 7.55. The van der Waals surface area contributed by atoms with E-state index in [2.05, 4.69) is 4.98 Å². The average Bonchev–Trinajstić information content (AvgIpc) is 3.00. The Hall–Kier alpha value is -3.20. The van der Waals surface area contributed by atoms with Gasteiger partial charge in [0.25, 0.3) is 5.56 Å². The molecule has 3 aromatic rings. The van der Waals surface area contributed by atoms with Gasteiger partial charge in [-0.05, 0) is 61.7 Å². The van der Waals surface area contributed by atoms with Crippen LogP contribution in [0.2, 0.25) is 0 Å². The Morgan fingerprint density at radius 2 is 2.00 bits per heavy atom. The molecule has 4 rings (SSSR count). The van der Waals surface area contributed by atoms with Crippen LogP contribution in [0.4, 0.5) is 5.69 Å². The van der Waals surface area contributed by atoms with Crippen LogP contribution in [0.5, 0.6) is 0 Å². The first-order chi connectivity index (χ1) is 14.1. The molecule has 0 radical (unpaired) electrons. The Morgan fingerprint density at radius 1 is 1.23 bits per heavy atom. The largest absolute Gasteiger partial charge is 0.456 e. The number of fused-ring (bicyclic) bond motifs is 2. The molecule has 1 aromatic carbocycles. The Labute approximate surface area is 173 Å². The van der Waals surface area contributed by atoms with E-state index >= 15 is 0 Å². The minimum Gasteiger partial charge on any atom is -0.456 e. The number of sulfonamides is 1. The summed E-state index contributed by atoms with van der Waals surface area (Å²) in [6.07, 6.45) is 3.34. The number of hydrogen-bond acceptors (Lipinski definition) is 6. The van der Waals surface area contributed by atoms with Crippen LogP contribution in [0, 0.1) is 6.92 Å². The first-order valence-electron chi connectivity index (χ1n) is 9.42. The zero-order chi connectivity index (χ0) is 21.6. The van der Waals surface area contributed by atoms with Crippen molar-refractivity contribution in [3.63, 3.8) is 0 Å². The van der Waals surface area contributed by atoms with E-state index in [-0.39, 0.29) is 18.2 Å². The van der Waals surface area contributed by atoms with Crippen molar-refractivity contribution in [2.24, 2.45) is 0 Å². The highest BCUT2D eigenvalue weighted by Crippen LogP contribution is 2.34.